The second-order valence-electron chi connectivity index (χ2n) is 2.55. The van der Waals surface area contributed by atoms with E-state index in [9.17, 15) is 9.59 Å². The zero-order valence-corrected chi connectivity index (χ0v) is 7.51. The predicted molar refractivity (Wildman–Crippen MR) is 51.4 cm³/mol. The molecule has 0 spiro atoms. The minimum Gasteiger partial charge on any atom is -0.480 e. The Bertz CT molecular complexity index is 324. The highest BCUT2D eigenvalue weighted by molar-refractivity contribution is 6.11. The lowest BCUT2D eigenvalue weighted by atomic mass is 10.1. The first-order valence-electron chi connectivity index (χ1n) is 3.70. The van der Waals surface area contributed by atoms with Crippen LogP contribution in [0, 0.1) is 0 Å². The van der Waals surface area contributed by atoms with Gasteiger partial charge < -0.3 is 17.0 Å². The van der Waals surface area contributed by atoms with Crippen molar-refractivity contribution in [3.05, 3.63) is 35.9 Å². The molecule has 0 aliphatic carbocycles. The summed E-state index contributed by atoms with van der Waals surface area (Å²) in [4.78, 5) is 21.6. The van der Waals surface area contributed by atoms with E-state index in [0.717, 1.165) is 0 Å². The van der Waals surface area contributed by atoms with Crippen molar-refractivity contribution in [1.82, 2.24) is 6.15 Å². The van der Waals surface area contributed by atoms with E-state index in [1.54, 1.807) is 18.2 Å². The minimum absolute atomic E-state index is 0. The third-order valence-corrected chi connectivity index (χ3v) is 1.61. The Labute approximate surface area is 81.1 Å². The summed E-state index contributed by atoms with van der Waals surface area (Å²) in [6.07, 6.45) is 0. The van der Waals surface area contributed by atoms with Gasteiger partial charge in [0.1, 0.15) is 0 Å². The van der Waals surface area contributed by atoms with Gasteiger partial charge in [-0.25, -0.2) is 0 Å². The number of hydrogen-bond donors (Lipinski definition) is 3. The van der Waals surface area contributed by atoms with Crippen LogP contribution < -0.4 is 11.9 Å². The fraction of sp³-hybridized carbons (Fsp3) is 0.111. The fourth-order valence-corrected chi connectivity index (χ4v) is 0.894. The summed E-state index contributed by atoms with van der Waals surface area (Å²) in [5.41, 5.74) is 5.46. The molecule has 0 heterocycles. The van der Waals surface area contributed by atoms with E-state index in [0.29, 0.717) is 5.56 Å². The molecular weight excluding hydrogens is 184 g/mol. The van der Waals surface area contributed by atoms with Crippen molar-refractivity contribution < 1.29 is 14.7 Å². The molecule has 0 radical (unpaired) electrons. The van der Waals surface area contributed by atoms with Crippen molar-refractivity contribution in [3.8, 4) is 0 Å². The first-order valence-corrected chi connectivity index (χ1v) is 3.70. The summed E-state index contributed by atoms with van der Waals surface area (Å²) in [5, 5.41) is 8.47. The summed E-state index contributed by atoms with van der Waals surface area (Å²) in [6.45, 7) is 0. The lowest BCUT2D eigenvalue weighted by Gasteiger charge is -2.04. The van der Waals surface area contributed by atoms with Crippen LogP contribution in [0.3, 0.4) is 0 Å². The van der Waals surface area contributed by atoms with Crippen LogP contribution in [0.2, 0.25) is 0 Å². The molecule has 6 N–H and O–H groups in total. The number of carbonyl (C=O) groups excluding carboxylic acids is 1. The number of hydrogen-bond acceptors (Lipinski definition) is 4. The highest BCUT2D eigenvalue weighted by Crippen LogP contribution is 2.01. The van der Waals surface area contributed by atoms with Gasteiger partial charge in [-0.05, 0) is 0 Å². The number of nitrogens with two attached hydrogens (primary N) is 1. The van der Waals surface area contributed by atoms with Crippen molar-refractivity contribution in [3.63, 3.8) is 0 Å². The van der Waals surface area contributed by atoms with Gasteiger partial charge in [0.2, 0.25) is 0 Å². The standard InChI is InChI=1S/C9H9NO3.H3N/c10-7(9(12)13)8(11)6-4-2-1-3-5-6;/h1-5,7H,10H2,(H,12,13);1H3. The summed E-state index contributed by atoms with van der Waals surface area (Å²) >= 11 is 0. The van der Waals surface area contributed by atoms with Crippen molar-refractivity contribution in [1.29, 1.82) is 0 Å². The second-order valence-corrected chi connectivity index (χ2v) is 2.55. The lowest BCUT2D eigenvalue weighted by molar-refractivity contribution is -0.137. The predicted octanol–water partition coefficient (Wildman–Crippen LogP) is 0.443. The Kier molecular flexibility index (Phi) is 4.48. The Morgan fingerprint density at radius 3 is 2.14 bits per heavy atom. The van der Waals surface area contributed by atoms with Crippen LogP contribution in [-0.2, 0) is 4.79 Å². The molecule has 1 atom stereocenters. The van der Waals surface area contributed by atoms with Gasteiger partial charge in [0.25, 0.3) is 0 Å². The molecule has 5 heteroatoms. The van der Waals surface area contributed by atoms with E-state index in [2.05, 4.69) is 0 Å². The molecule has 0 aliphatic rings. The third-order valence-electron chi connectivity index (χ3n) is 1.61. The maximum absolute atomic E-state index is 11.3. The molecule has 14 heavy (non-hydrogen) atoms. The molecule has 0 aromatic heterocycles. The quantitative estimate of drug-likeness (QED) is 0.479. The molecule has 0 fully saturated rings. The zero-order valence-electron chi connectivity index (χ0n) is 7.51. The Hall–Kier alpha value is -1.72. The summed E-state index contributed by atoms with van der Waals surface area (Å²) in [6, 6.07) is 6.64. The molecule has 0 saturated carbocycles. The summed E-state index contributed by atoms with van der Waals surface area (Å²) in [5.74, 6) is -1.89. The van der Waals surface area contributed by atoms with E-state index in [4.69, 9.17) is 10.8 Å². The number of aliphatic carboxylic acids is 1. The number of Topliss-reactive ketones (excluding diaryl/α,β-unsaturated/α-hetero) is 1. The molecule has 1 rings (SSSR count). The average Bonchev–Trinajstić information content (AvgIpc) is 2.17. The van der Waals surface area contributed by atoms with Gasteiger partial charge in [-0.15, -0.1) is 0 Å². The average molecular weight is 196 g/mol. The Morgan fingerprint density at radius 2 is 1.71 bits per heavy atom. The van der Waals surface area contributed by atoms with Crippen LogP contribution in [0.25, 0.3) is 0 Å². The fourth-order valence-electron chi connectivity index (χ4n) is 0.894. The van der Waals surface area contributed by atoms with Gasteiger partial charge in [-0.3, -0.25) is 9.59 Å². The van der Waals surface area contributed by atoms with Crippen LogP contribution in [-0.4, -0.2) is 22.9 Å². The van der Waals surface area contributed by atoms with Crippen molar-refractivity contribution in [2.75, 3.05) is 0 Å². The largest absolute Gasteiger partial charge is 0.480 e. The van der Waals surface area contributed by atoms with E-state index >= 15 is 0 Å². The normalized spacial score (nSPS) is 11.2. The third kappa shape index (κ3) is 2.65. The zero-order chi connectivity index (χ0) is 9.84. The van der Waals surface area contributed by atoms with Crippen LogP contribution >= 0.6 is 0 Å². The molecule has 0 amide bonds. The molecule has 1 aromatic rings. The van der Waals surface area contributed by atoms with E-state index in [1.807, 2.05) is 0 Å². The first-order chi connectivity index (χ1) is 6.13. The monoisotopic (exact) mass is 196 g/mol. The molecule has 76 valence electrons. The number of carboxylic acid groups (broad SMARTS) is 1. The summed E-state index contributed by atoms with van der Waals surface area (Å²) in [7, 11) is 0. The van der Waals surface area contributed by atoms with Gasteiger partial charge in [-0.2, -0.15) is 0 Å². The van der Waals surface area contributed by atoms with Crippen molar-refractivity contribution >= 4 is 11.8 Å². The van der Waals surface area contributed by atoms with Crippen LogP contribution in [0.5, 0.6) is 0 Å². The van der Waals surface area contributed by atoms with Crippen LogP contribution in [0.1, 0.15) is 10.4 Å². The maximum atomic E-state index is 11.3. The smallest absolute Gasteiger partial charge is 0.328 e. The molecule has 0 aliphatic heterocycles. The molecular formula is C9H12N2O3. The first kappa shape index (κ1) is 12.3. The topological polar surface area (TPSA) is 115 Å². The van der Waals surface area contributed by atoms with E-state index in [1.165, 1.54) is 12.1 Å². The van der Waals surface area contributed by atoms with E-state index in [-0.39, 0.29) is 6.15 Å². The van der Waals surface area contributed by atoms with Gasteiger partial charge >= 0.3 is 5.97 Å². The maximum Gasteiger partial charge on any atom is 0.328 e. The molecule has 1 unspecified atom stereocenters. The molecule has 0 saturated heterocycles. The van der Waals surface area contributed by atoms with Crippen molar-refractivity contribution in [2.45, 2.75) is 6.04 Å². The molecule has 1 aromatic carbocycles. The number of ketones is 1. The number of benzene rings is 1. The summed E-state index contributed by atoms with van der Waals surface area (Å²) < 4.78 is 0. The Morgan fingerprint density at radius 1 is 1.21 bits per heavy atom. The van der Waals surface area contributed by atoms with Crippen molar-refractivity contribution in [2.24, 2.45) is 5.73 Å². The highest BCUT2D eigenvalue weighted by Gasteiger charge is 2.21. The SMILES string of the molecule is N.NC(C(=O)O)C(=O)c1ccccc1. The van der Waals surface area contributed by atoms with Gasteiger partial charge in [-0.1, -0.05) is 30.3 Å². The van der Waals surface area contributed by atoms with Gasteiger partial charge in [0.05, 0.1) is 0 Å². The highest BCUT2D eigenvalue weighted by atomic mass is 16.4. The van der Waals surface area contributed by atoms with Gasteiger partial charge in [0.15, 0.2) is 11.8 Å². The minimum atomic E-state index is -1.47. The lowest BCUT2D eigenvalue weighted by Crippen LogP contribution is -2.38. The number of carboxylic acids is 1. The molecule has 0 bridgehead atoms. The number of rotatable bonds is 3. The van der Waals surface area contributed by atoms with E-state index < -0.39 is 17.8 Å². The second kappa shape index (κ2) is 5.11. The van der Waals surface area contributed by atoms with Crippen LogP contribution in [0.15, 0.2) is 30.3 Å². The van der Waals surface area contributed by atoms with Crippen LogP contribution in [0.4, 0.5) is 0 Å². The number of carbonyl (C=O) groups is 2. The van der Waals surface area contributed by atoms with Gasteiger partial charge in [0, 0.05) is 5.56 Å². The molecule has 5 nitrogen and oxygen atoms in total. The Balaban J connectivity index is 0.00000169.